The SMILES string of the molecule is COc1cc(C/C(C(=O)O)=C(/C(=O)O)c2ccc3c(c2)OCO3)cc(OC)c1OC. The lowest BCUT2D eigenvalue weighted by Crippen LogP contribution is -2.13. The number of hydrogen-bond acceptors (Lipinski definition) is 7. The van der Waals surface area contributed by atoms with Crippen LogP contribution in [0.4, 0.5) is 0 Å². The van der Waals surface area contributed by atoms with E-state index in [0.29, 0.717) is 34.3 Å². The minimum atomic E-state index is -1.38. The summed E-state index contributed by atoms with van der Waals surface area (Å²) >= 11 is 0. The van der Waals surface area contributed by atoms with Crippen LogP contribution in [0.25, 0.3) is 5.57 Å². The first-order chi connectivity index (χ1) is 14.4. The second kappa shape index (κ2) is 8.64. The predicted molar refractivity (Wildman–Crippen MR) is 105 cm³/mol. The van der Waals surface area contributed by atoms with Crippen LogP contribution >= 0.6 is 0 Å². The molecule has 2 N–H and O–H groups in total. The summed E-state index contributed by atoms with van der Waals surface area (Å²) in [6.45, 7) is 0.0160. The van der Waals surface area contributed by atoms with Gasteiger partial charge in [-0.3, -0.25) is 0 Å². The number of hydrogen-bond donors (Lipinski definition) is 2. The fourth-order valence-electron chi connectivity index (χ4n) is 3.19. The molecule has 1 heterocycles. The molecule has 158 valence electrons. The van der Waals surface area contributed by atoms with E-state index in [-0.39, 0.29) is 29.9 Å². The van der Waals surface area contributed by atoms with Gasteiger partial charge in [-0.05, 0) is 35.4 Å². The molecule has 2 aromatic rings. The van der Waals surface area contributed by atoms with E-state index < -0.39 is 11.9 Å². The summed E-state index contributed by atoms with van der Waals surface area (Å²) in [4.78, 5) is 24.0. The third kappa shape index (κ3) is 3.95. The third-order valence-electron chi connectivity index (χ3n) is 4.54. The van der Waals surface area contributed by atoms with E-state index in [1.165, 1.54) is 33.5 Å². The number of aliphatic carboxylic acids is 2. The Kier molecular flexibility index (Phi) is 6.01. The number of ether oxygens (including phenoxy) is 5. The van der Waals surface area contributed by atoms with Gasteiger partial charge in [0.2, 0.25) is 12.5 Å². The summed E-state index contributed by atoms with van der Waals surface area (Å²) < 4.78 is 26.4. The molecule has 0 aliphatic carbocycles. The minimum absolute atomic E-state index is 0.0160. The first kappa shape index (κ1) is 20.8. The highest BCUT2D eigenvalue weighted by Gasteiger charge is 2.25. The summed E-state index contributed by atoms with van der Waals surface area (Å²) in [5.41, 5.74) is 0.00294. The molecule has 0 bridgehead atoms. The second-order valence-electron chi connectivity index (χ2n) is 6.24. The van der Waals surface area contributed by atoms with Crippen LogP contribution in [-0.2, 0) is 16.0 Å². The van der Waals surface area contributed by atoms with Crippen molar-refractivity contribution in [2.45, 2.75) is 6.42 Å². The normalized spacial score (nSPS) is 12.8. The zero-order valence-electron chi connectivity index (χ0n) is 16.6. The smallest absolute Gasteiger partial charge is 0.336 e. The Morgan fingerprint density at radius 2 is 1.53 bits per heavy atom. The second-order valence-corrected chi connectivity index (χ2v) is 6.24. The first-order valence-corrected chi connectivity index (χ1v) is 8.78. The molecule has 1 aliphatic rings. The molecule has 1 aliphatic heterocycles. The zero-order valence-corrected chi connectivity index (χ0v) is 16.6. The molecule has 0 radical (unpaired) electrons. The predicted octanol–water partition coefficient (Wildman–Crippen LogP) is 2.61. The van der Waals surface area contributed by atoms with Gasteiger partial charge in [0, 0.05) is 6.42 Å². The van der Waals surface area contributed by atoms with E-state index >= 15 is 0 Å². The van der Waals surface area contributed by atoms with Gasteiger partial charge < -0.3 is 33.9 Å². The Bertz CT molecular complexity index is 998. The van der Waals surface area contributed by atoms with Crippen molar-refractivity contribution in [2.24, 2.45) is 0 Å². The standard InChI is InChI=1S/C21H20O9/c1-26-16-7-11(8-17(27-2)19(16)28-3)6-13(20(22)23)18(21(24)25)12-4-5-14-15(9-12)30-10-29-14/h4-5,7-9H,6,10H2,1-3H3,(H,22,23)(H,24,25)/b18-13-. The van der Waals surface area contributed by atoms with Crippen LogP contribution in [0.5, 0.6) is 28.7 Å². The molecular formula is C21H20O9. The van der Waals surface area contributed by atoms with Crippen molar-refractivity contribution in [3.05, 3.63) is 47.0 Å². The van der Waals surface area contributed by atoms with E-state index in [0.717, 1.165) is 0 Å². The molecule has 0 atom stereocenters. The van der Waals surface area contributed by atoms with Crippen LogP contribution in [-0.4, -0.2) is 50.3 Å². The Morgan fingerprint density at radius 1 is 0.900 bits per heavy atom. The highest BCUT2D eigenvalue weighted by atomic mass is 16.7. The summed E-state index contributed by atoms with van der Waals surface area (Å²) in [5, 5.41) is 19.6. The van der Waals surface area contributed by atoms with Gasteiger partial charge in [0.15, 0.2) is 23.0 Å². The number of fused-ring (bicyclic) bond motifs is 1. The van der Waals surface area contributed by atoms with Crippen LogP contribution in [0.15, 0.2) is 35.9 Å². The molecule has 2 aromatic carbocycles. The molecule has 9 nitrogen and oxygen atoms in total. The summed E-state index contributed by atoms with van der Waals surface area (Å²) in [6.07, 6.45) is -0.192. The molecule has 3 rings (SSSR count). The molecule has 0 unspecified atom stereocenters. The Morgan fingerprint density at radius 3 is 2.07 bits per heavy atom. The lowest BCUT2D eigenvalue weighted by molar-refractivity contribution is -0.134. The average Bonchev–Trinajstić information content (AvgIpc) is 3.20. The molecule has 0 saturated carbocycles. The molecular weight excluding hydrogens is 396 g/mol. The fourth-order valence-corrected chi connectivity index (χ4v) is 3.19. The van der Waals surface area contributed by atoms with E-state index in [1.807, 2.05) is 0 Å². The number of benzene rings is 2. The van der Waals surface area contributed by atoms with Gasteiger partial charge in [-0.1, -0.05) is 6.07 Å². The maximum atomic E-state index is 12.0. The van der Waals surface area contributed by atoms with E-state index in [1.54, 1.807) is 18.2 Å². The number of carbonyl (C=O) groups is 2. The maximum Gasteiger partial charge on any atom is 0.336 e. The molecule has 0 spiro atoms. The summed E-state index contributed by atoms with van der Waals surface area (Å²) in [5.74, 6) is -0.918. The maximum absolute atomic E-state index is 12.0. The van der Waals surface area contributed by atoms with E-state index in [9.17, 15) is 19.8 Å². The lowest BCUT2D eigenvalue weighted by Gasteiger charge is -2.15. The number of methoxy groups -OCH3 is 3. The fraction of sp³-hybridized carbons (Fsp3) is 0.238. The van der Waals surface area contributed by atoms with E-state index in [2.05, 4.69) is 0 Å². The van der Waals surface area contributed by atoms with Gasteiger partial charge in [-0.25, -0.2) is 9.59 Å². The van der Waals surface area contributed by atoms with Crippen molar-refractivity contribution < 1.29 is 43.5 Å². The van der Waals surface area contributed by atoms with Gasteiger partial charge >= 0.3 is 11.9 Å². The molecule has 0 amide bonds. The van der Waals surface area contributed by atoms with Crippen molar-refractivity contribution in [1.29, 1.82) is 0 Å². The van der Waals surface area contributed by atoms with Crippen molar-refractivity contribution in [1.82, 2.24) is 0 Å². The highest BCUT2D eigenvalue weighted by molar-refractivity contribution is 6.22. The van der Waals surface area contributed by atoms with Crippen LogP contribution in [0.1, 0.15) is 11.1 Å². The Labute approximate surface area is 172 Å². The molecule has 0 saturated heterocycles. The van der Waals surface area contributed by atoms with Crippen molar-refractivity contribution >= 4 is 17.5 Å². The Hall–Kier alpha value is -3.88. The monoisotopic (exact) mass is 416 g/mol. The zero-order chi connectivity index (χ0) is 21.8. The summed E-state index contributed by atoms with van der Waals surface area (Å²) in [6, 6.07) is 7.62. The number of carboxylic acid groups (broad SMARTS) is 2. The quantitative estimate of drug-likeness (QED) is 0.626. The topological polar surface area (TPSA) is 121 Å². The molecule has 30 heavy (non-hydrogen) atoms. The number of rotatable bonds is 8. The van der Waals surface area contributed by atoms with Crippen molar-refractivity contribution in [3.63, 3.8) is 0 Å². The van der Waals surface area contributed by atoms with E-state index in [4.69, 9.17) is 23.7 Å². The van der Waals surface area contributed by atoms with Crippen LogP contribution < -0.4 is 23.7 Å². The van der Waals surface area contributed by atoms with Crippen molar-refractivity contribution in [3.8, 4) is 28.7 Å². The summed E-state index contributed by atoms with van der Waals surface area (Å²) in [7, 11) is 4.32. The van der Waals surface area contributed by atoms with Crippen molar-refractivity contribution in [2.75, 3.05) is 28.1 Å². The largest absolute Gasteiger partial charge is 0.493 e. The van der Waals surface area contributed by atoms with Crippen LogP contribution in [0.2, 0.25) is 0 Å². The van der Waals surface area contributed by atoms with Crippen LogP contribution in [0.3, 0.4) is 0 Å². The van der Waals surface area contributed by atoms with Gasteiger partial charge in [-0.2, -0.15) is 0 Å². The van der Waals surface area contributed by atoms with Crippen LogP contribution in [0, 0.1) is 0 Å². The lowest BCUT2D eigenvalue weighted by atomic mass is 9.94. The molecule has 0 aromatic heterocycles. The van der Waals surface area contributed by atoms with Gasteiger partial charge in [0.1, 0.15) is 0 Å². The molecule has 9 heteroatoms. The highest BCUT2D eigenvalue weighted by Crippen LogP contribution is 2.40. The molecule has 0 fully saturated rings. The van der Waals surface area contributed by atoms with Gasteiger partial charge in [0.05, 0.1) is 32.5 Å². The van der Waals surface area contributed by atoms with Gasteiger partial charge in [0.25, 0.3) is 0 Å². The third-order valence-corrected chi connectivity index (χ3v) is 4.54. The number of carboxylic acids is 2. The Balaban J connectivity index is 2.12. The first-order valence-electron chi connectivity index (χ1n) is 8.78. The minimum Gasteiger partial charge on any atom is -0.493 e. The van der Waals surface area contributed by atoms with Gasteiger partial charge in [-0.15, -0.1) is 0 Å². The average molecular weight is 416 g/mol.